The Morgan fingerprint density at radius 2 is 2.28 bits per heavy atom. The molecule has 18 heavy (non-hydrogen) atoms. The number of anilines is 2. The Morgan fingerprint density at radius 3 is 2.89 bits per heavy atom. The van der Waals surface area contributed by atoms with Crippen LogP contribution in [0.15, 0.2) is 12.1 Å². The Labute approximate surface area is 109 Å². The van der Waals surface area contributed by atoms with Crippen molar-refractivity contribution in [1.29, 1.82) is 0 Å². The number of hydrogen-bond acceptors (Lipinski definition) is 4. The van der Waals surface area contributed by atoms with Crippen molar-refractivity contribution in [3.8, 4) is 5.88 Å². The van der Waals surface area contributed by atoms with Crippen LogP contribution in [0.25, 0.3) is 0 Å². The van der Waals surface area contributed by atoms with E-state index in [0.29, 0.717) is 11.6 Å². The van der Waals surface area contributed by atoms with Crippen LogP contribution in [0.1, 0.15) is 33.6 Å². The molecule has 2 heterocycles. The first kappa shape index (κ1) is 13.0. The zero-order valence-corrected chi connectivity index (χ0v) is 11.5. The molecule has 1 aliphatic heterocycles. The average Bonchev–Trinajstić information content (AvgIpc) is 2.80. The lowest BCUT2D eigenvalue weighted by Gasteiger charge is -2.19. The van der Waals surface area contributed by atoms with Gasteiger partial charge in [0.1, 0.15) is 5.82 Å². The van der Waals surface area contributed by atoms with Crippen LogP contribution in [0.5, 0.6) is 5.88 Å². The average molecular weight is 249 g/mol. The third kappa shape index (κ3) is 2.86. The molecule has 1 atom stereocenters. The van der Waals surface area contributed by atoms with Crippen molar-refractivity contribution in [1.82, 2.24) is 4.98 Å². The SMILES string of the molecule is CCC1CCN(c2ccc(N)c(OC(C)C)n2)C1. The van der Waals surface area contributed by atoms with Crippen molar-refractivity contribution in [2.75, 3.05) is 23.7 Å². The van der Waals surface area contributed by atoms with Gasteiger partial charge in [-0.2, -0.15) is 4.98 Å². The number of nitrogens with two attached hydrogens (primary N) is 1. The normalized spacial score (nSPS) is 19.6. The van der Waals surface area contributed by atoms with Crippen molar-refractivity contribution in [2.45, 2.75) is 39.7 Å². The lowest BCUT2D eigenvalue weighted by molar-refractivity contribution is 0.234. The minimum absolute atomic E-state index is 0.0945. The fourth-order valence-electron chi connectivity index (χ4n) is 2.31. The summed E-state index contributed by atoms with van der Waals surface area (Å²) in [5, 5.41) is 0. The molecule has 2 N–H and O–H groups in total. The fraction of sp³-hybridized carbons (Fsp3) is 0.643. The molecule has 1 fully saturated rings. The summed E-state index contributed by atoms with van der Waals surface area (Å²) in [4.78, 5) is 6.86. The molecule has 2 rings (SSSR count). The van der Waals surface area contributed by atoms with Gasteiger partial charge in [-0.1, -0.05) is 13.3 Å². The van der Waals surface area contributed by atoms with Crippen LogP contribution in [0.4, 0.5) is 11.5 Å². The highest BCUT2D eigenvalue weighted by atomic mass is 16.5. The summed E-state index contributed by atoms with van der Waals surface area (Å²) in [6, 6.07) is 3.87. The topological polar surface area (TPSA) is 51.4 Å². The number of rotatable bonds is 4. The second kappa shape index (κ2) is 5.46. The summed E-state index contributed by atoms with van der Waals surface area (Å²) in [5.41, 5.74) is 6.49. The van der Waals surface area contributed by atoms with Gasteiger partial charge >= 0.3 is 0 Å². The highest BCUT2D eigenvalue weighted by Crippen LogP contribution is 2.28. The van der Waals surface area contributed by atoms with E-state index in [1.165, 1.54) is 12.8 Å². The van der Waals surface area contributed by atoms with E-state index in [-0.39, 0.29) is 6.10 Å². The number of ether oxygens (including phenoxy) is 1. The molecule has 1 aromatic heterocycles. The molecule has 0 bridgehead atoms. The molecule has 1 saturated heterocycles. The van der Waals surface area contributed by atoms with Crippen LogP contribution in [-0.4, -0.2) is 24.2 Å². The van der Waals surface area contributed by atoms with Gasteiger partial charge in [0.05, 0.1) is 11.8 Å². The molecule has 0 amide bonds. The fourth-order valence-corrected chi connectivity index (χ4v) is 2.31. The number of pyridine rings is 1. The van der Waals surface area contributed by atoms with E-state index in [1.807, 2.05) is 26.0 Å². The van der Waals surface area contributed by atoms with Crippen LogP contribution in [0, 0.1) is 5.92 Å². The molecule has 4 nitrogen and oxygen atoms in total. The Kier molecular flexibility index (Phi) is 3.94. The molecule has 0 aliphatic carbocycles. The van der Waals surface area contributed by atoms with Crippen molar-refractivity contribution >= 4 is 11.5 Å². The lowest BCUT2D eigenvalue weighted by atomic mass is 10.1. The molecule has 0 aromatic carbocycles. The number of nitrogen functional groups attached to an aromatic ring is 1. The molecule has 0 saturated carbocycles. The van der Waals surface area contributed by atoms with E-state index < -0.39 is 0 Å². The molecular formula is C14H23N3O. The van der Waals surface area contributed by atoms with Gasteiger partial charge in [-0.05, 0) is 38.3 Å². The molecule has 0 spiro atoms. The molecule has 4 heteroatoms. The van der Waals surface area contributed by atoms with Crippen molar-refractivity contribution in [2.24, 2.45) is 5.92 Å². The van der Waals surface area contributed by atoms with Gasteiger partial charge < -0.3 is 15.4 Å². The number of hydrogen-bond donors (Lipinski definition) is 1. The molecule has 1 aliphatic rings. The van der Waals surface area contributed by atoms with Crippen molar-refractivity contribution in [3.63, 3.8) is 0 Å². The Hall–Kier alpha value is -1.45. The maximum absolute atomic E-state index is 5.88. The van der Waals surface area contributed by atoms with Gasteiger partial charge in [-0.3, -0.25) is 0 Å². The van der Waals surface area contributed by atoms with Gasteiger partial charge in [0.15, 0.2) is 0 Å². The minimum atomic E-state index is 0.0945. The van der Waals surface area contributed by atoms with E-state index in [0.717, 1.165) is 24.8 Å². The predicted molar refractivity (Wildman–Crippen MR) is 75.0 cm³/mol. The first-order valence-electron chi connectivity index (χ1n) is 6.78. The summed E-state index contributed by atoms with van der Waals surface area (Å²) in [7, 11) is 0. The predicted octanol–water partition coefficient (Wildman–Crippen LogP) is 2.69. The third-order valence-corrected chi connectivity index (χ3v) is 3.41. The summed E-state index contributed by atoms with van der Waals surface area (Å²) in [6.45, 7) is 8.39. The number of nitrogens with zero attached hydrogens (tertiary/aromatic N) is 2. The van der Waals surface area contributed by atoms with Gasteiger partial charge in [0.2, 0.25) is 5.88 Å². The molecule has 0 radical (unpaired) electrons. The summed E-state index contributed by atoms with van der Waals surface area (Å²) in [6.07, 6.45) is 2.58. The first-order valence-corrected chi connectivity index (χ1v) is 6.78. The number of aromatic nitrogens is 1. The largest absolute Gasteiger partial charge is 0.473 e. The van der Waals surface area contributed by atoms with E-state index in [2.05, 4.69) is 16.8 Å². The van der Waals surface area contributed by atoms with Crippen LogP contribution >= 0.6 is 0 Å². The van der Waals surface area contributed by atoms with Gasteiger partial charge in [0, 0.05) is 13.1 Å². The molecule has 1 unspecified atom stereocenters. The first-order chi connectivity index (χ1) is 8.60. The smallest absolute Gasteiger partial charge is 0.239 e. The maximum atomic E-state index is 5.88. The third-order valence-electron chi connectivity index (χ3n) is 3.41. The van der Waals surface area contributed by atoms with E-state index in [9.17, 15) is 0 Å². The molecule has 1 aromatic rings. The zero-order valence-electron chi connectivity index (χ0n) is 11.5. The van der Waals surface area contributed by atoms with Crippen molar-refractivity contribution < 1.29 is 4.74 Å². The van der Waals surface area contributed by atoms with Crippen LogP contribution in [-0.2, 0) is 0 Å². The van der Waals surface area contributed by atoms with Gasteiger partial charge in [-0.25, -0.2) is 0 Å². The quantitative estimate of drug-likeness (QED) is 0.891. The molecule has 100 valence electrons. The van der Waals surface area contributed by atoms with Crippen LogP contribution < -0.4 is 15.4 Å². The zero-order chi connectivity index (χ0) is 13.1. The van der Waals surface area contributed by atoms with Gasteiger partial charge in [-0.15, -0.1) is 0 Å². The van der Waals surface area contributed by atoms with E-state index >= 15 is 0 Å². The second-order valence-corrected chi connectivity index (χ2v) is 5.24. The maximum Gasteiger partial charge on any atom is 0.239 e. The standard InChI is InChI=1S/C14H23N3O/c1-4-11-7-8-17(9-11)13-6-5-12(15)14(16-13)18-10(2)3/h5-6,10-11H,4,7-9,15H2,1-3H3. The van der Waals surface area contributed by atoms with Crippen LogP contribution in [0.2, 0.25) is 0 Å². The highest BCUT2D eigenvalue weighted by Gasteiger charge is 2.22. The summed E-state index contributed by atoms with van der Waals surface area (Å²) in [5.74, 6) is 2.33. The summed E-state index contributed by atoms with van der Waals surface area (Å²) < 4.78 is 5.64. The molecular weight excluding hydrogens is 226 g/mol. The summed E-state index contributed by atoms with van der Waals surface area (Å²) >= 11 is 0. The van der Waals surface area contributed by atoms with E-state index in [1.54, 1.807) is 0 Å². The Balaban J connectivity index is 2.14. The minimum Gasteiger partial charge on any atom is -0.473 e. The second-order valence-electron chi connectivity index (χ2n) is 5.24. The Bertz CT molecular complexity index is 406. The monoisotopic (exact) mass is 249 g/mol. The van der Waals surface area contributed by atoms with Gasteiger partial charge in [0.25, 0.3) is 0 Å². The van der Waals surface area contributed by atoms with E-state index in [4.69, 9.17) is 10.5 Å². The van der Waals surface area contributed by atoms with Crippen LogP contribution in [0.3, 0.4) is 0 Å². The lowest BCUT2D eigenvalue weighted by Crippen LogP contribution is -2.21. The van der Waals surface area contributed by atoms with Crippen molar-refractivity contribution in [3.05, 3.63) is 12.1 Å². The Morgan fingerprint density at radius 1 is 1.50 bits per heavy atom. The highest BCUT2D eigenvalue weighted by molar-refractivity contribution is 5.55.